The zero-order valence-electron chi connectivity index (χ0n) is 17.1. The van der Waals surface area contributed by atoms with Crippen LogP contribution in [0.4, 0.5) is 5.69 Å². The van der Waals surface area contributed by atoms with Gasteiger partial charge in [0.25, 0.3) is 5.91 Å². The van der Waals surface area contributed by atoms with Gasteiger partial charge in [-0.1, -0.05) is 31.2 Å². The molecule has 3 rings (SSSR count). The highest BCUT2D eigenvalue weighted by atomic mass is 16.2. The summed E-state index contributed by atoms with van der Waals surface area (Å²) in [6.07, 6.45) is 1.70. The van der Waals surface area contributed by atoms with Crippen molar-refractivity contribution in [3.05, 3.63) is 65.2 Å². The minimum Gasteiger partial charge on any atom is -0.347 e. The molecule has 0 aromatic heterocycles. The maximum absolute atomic E-state index is 13.2. The number of nitrogens with one attached hydrogen (secondary N) is 1. The van der Waals surface area contributed by atoms with Crippen LogP contribution in [0.1, 0.15) is 41.3 Å². The summed E-state index contributed by atoms with van der Waals surface area (Å²) >= 11 is 0. The SMILES string of the molecule is CCCC(=O)Nc1ccc2c(c1)CN(C(=O)c1ccccc1)[C@@H](C(=O)N(C)C)C2. The molecule has 1 aliphatic rings. The number of carbonyl (C=O) groups is 3. The Labute approximate surface area is 171 Å². The molecule has 6 nitrogen and oxygen atoms in total. The Morgan fingerprint density at radius 3 is 2.45 bits per heavy atom. The largest absolute Gasteiger partial charge is 0.347 e. The first kappa shape index (κ1) is 20.6. The number of likely N-dealkylation sites (N-methyl/N-ethyl adjacent to an activating group) is 1. The molecule has 0 fully saturated rings. The maximum atomic E-state index is 13.2. The summed E-state index contributed by atoms with van der Waals surface area (Å²) in [4.78, 5) is 41.1. The first-order chi connectivity index (χ1) is 13.9. The van der Waals surface area contributed by atoms with Crippen molar-refractivity contribution >= 4 is 23.4 Å². The van der Waals surface area contributed by atoms with Crippen LogP contribution in [0.3, 0.4) is 0 Å². The van der Waals surface area contributed by atoms with E-state index in [0.717, 1.165) is 17.5 Å². The van der Waals surface area contributed by atoms with Crippen LogP contribution >= 0.6 is 0 Å². The van der Waals surface area contributed by atoms with E-state index in [0.29, 0.717) is 30.6 Å². The molecule has 0 unspecified atom stereocenters. The number of carbonyl (C=O) groups excluding carboxylic acids is 3. The van der Waals surface area contributed by atoms with E-state index in [-0.39, 0.29) is 17.7 Å². The monoisotopic (exact) mass is 393 g/mol. The van der Waals surface area contributed by atoms with Gasteiger partial charge < -0.3 is 15.1 Å². The lowest BCUT2D eigenvalue weighted by Gasteiger charge is -2.37. The molecule has 1 heterocycles. The van der Waals surface area contributed by atoms with Crippen LogP contribution in [0, 0.1) is 0 Å². The Morgan fingerprint density at radius 2 is 1.79 bits per heavy atom. The van der Waals surface area contributed by atoms with Gasteiger partial charge in [-0.25, -0.2) is 0 Å². The van der Waals surface area contributed by atoms with Crippen LogP contribution < -0.4 is 5.32 Å². The maximum Gasteiger partial charge on any atom is 0.254 e. The van der Waals surface area contributed by atoms with Crippen molar-refractivity contribution in [1.29, 1.82) is 0 Å². The van der Waals surface area contributed by atoms with Gasteiger partial charge in [0, 0.05) is 44.7 Å². The average Bonchev–Trinajstić information content (AvgIpc) is 2.72. The number of hydrogen-bond acceptors (Lipinski definition) is 3. The molecule has 0 saturated heterocycles. The van der Waals surface area contributed by atoms with Crippen molar-refractivity contribution in [2.45, 2.75) is 38.8 Å². The van der Waals surface area contributed by atoms with Crippen molar-refractivity contribution in [1.82, 2.24) is 9.80 Å². The summed E-state index contributed by atoms with van der Waals surface area (Å²) in [5.74, 6) is -0.293. The van der Waals surface area contributed by atoms with Gasteiger partial charge in [-0.05, 0) is 41.8 Å². The topological polar surface area (TPSA) is 69.7 Å². The number of fused-ring (bicyclic) bond motifs is 1. The summed E-state index contributed by atoms with van der Waals surface area (Å²) in [5.41, 5.74) is 3.24. The van der Waals surface area contributed by atoms with Crippen LogP contribution in [0.5, 0.6) is 0 Å². The lowest BCUT2D eigenvalue weighted by Crippen LogP contribution is -2.52. The summed E-state index contributed by atoms with van der Waals surface area (Å²) in [5, 5.41) is 2.90. The van der Waals surface area contributed by atoms with Gasteiger partial charge in [-0.15, -0.1) is 0 Å². The molecular formula is C23H27N3O3. The Kier molecular flexibility index (Phi) is 6.32. The summed E-state index contributed by atoms with van der Waals surface area (Å²) in [6.45, 7) is 2.28. The molecule has 1 aliphatic heterocycles. The van der Waals surface area contributed by atoms with Crippen LogP contribution in [-0.2, 0) is 22.6 Å². The second kappa shape index (κ2) is 8.90. The molecule has 0 aliphatic carbocycles. The number of rotatable bonds is 5. The van der Waals surface area contributed by atoms with Crippen molar-refractivity contribution in [3.63, 3.8) is 0 Å². The number of benzene rings is 2. The molecule has 29 heavy (non-hydrogen) atoms. The highest BCUT2D eigenvalue weighted by Gasteiger charge is 2.36. The second-order valence-corrected chi connectivity index (χ2v) is 7.53. The molecule has 3 amide bonds. The molecule has 6 heteroatoms. The van der Waals surface area contributed by atoms with Gasteiger partial charge in [0.2, 0.25) is 11.8 Å². The first-order valence-electron chi connectivity index (χ1n) is 9.89. The lowest BCUT2D eigenvalue weighted by atomic mass is 9.92. The molecule has 0 bridgehead atoms. The molecule has 152 valence electrons. The third-order valence-electron chi connectivity index (χ3n) is 5.10. The number of hydrogen-bond donors (Lipinski definition) is 1. The van der Waals surface area contributed by atoms with Gasteiger partial charge in [0.1, 0.15) is 6.04 Å². The Hall–Kier alpha value is -3.15. The van der Waals surface area contributed by atoms with Crippen molar-refractivity contribution in [2.75, 3.05) is 19.4 Å². The fourth-order valence-corrected chi connectivity index (χ4v) is 3.59. The van der Waals surface area contributed by atoms with E-state index in [4.69, 9.17) is 0 Å². The van der Waals surface area contributed by atoms with E-state index in [2.05, 4.69) is 5.32 Å². The molecule has 2 aromatic rings. The van der Waals surface area contributed by atoms with Gasteiger partial charge in [-0.2, -0.15) is 0 Å². The van der Waals surface area contributed by atoms with Crippen LogP contribution in [0.2, 0.25) is 0 Å². The van der Waals surface area contributed by atoms with Crippen molar-refractivity contribution < 1.29 is 14.4 Å². The summed E-state index contributed by atoms with van der Waals surface area (Å²) < 4.78 is 0. The number of nitrogens with zero attached hydrogens (tertiary/aromatic N) is 2. The third kappa shape index (κ3) is 4.65. The van der Waals surface area contributed by atoms with E-state index in [9.17, 15) is 14.4 Å². The molecule has 2 aromatic carbocycles. The van der Waals surface area contributed by atoms with Gasteiger partial charge in [0.05, 0.1) is 0 Å². The van der Waals surface area contributed by atoms with E-state index < -0.39 is 6.04 Å². The highest BCUT2D eigenvalue weighted by molar-refractivity contribution is 5.98. The number of anilines is 1. The van der Waals surface area contributed by atoms with E-state index in [1.54, 1.807) is 31.1 Å². The molecule has 1 atom stereocenters. The van der Waals surface area contributed by atoms with Crippen molar-refractivity contribution in [2.24, 2.45) is 0 Å². The number of amides is 3. The van der Waals surface area contributed by atoms with Crippen molar-refractivity contribution in [3.8, 4) is 0 Å². The third-order valence-corrected chi connectivity index (χ3v) is 5.10. The first-order valence-corrected chi connectivity index (χ1v) is 9.89. The minimum atomic E-state index is -0.550. The Morgan fingerprint density at radius 1 is 1.07 bits per heavy atom. The lowest BCUT2D eigenvalue weighted by molar-refractivity contribution is -0.134. The summed E-state index contributed by atoms with van der Waals surface area (Å²) in [7, 11) is 3.41. The predicted molar refractivity (Wildman–Crippen MR) is 112 cm³/mol. The molecule has 1 N–H and O–H groups in total. The molecule has 0 radical (unpaired) electrons. The minimum absolute atomic E-state index is 0.0267. The average molecular weight is 393 g/mol. The summed E-state index contributed by atoms with van der Waals surface area (Å²) in [6, 6.07) is 14.2. The van der Waals surface area contributed by atoms with Crippen LogP contribution in [0.25, 0.3) is 0 Å². The zero-order chi connectivity index (χ0) is 21.0. The van der Waals surface area contributed by atoms with E-state index in [1.807, 2.05) is 43.3 Å². The van der Waals surface area contributed by atoms with Crippen LogP contribution in [-0.4, -0.2) is 47.7 Å². The van der Waals surface area contributed by atoms with Gasteiger partial charge >= 0.3 is 0 Å². The predicted octanol–water partition coefficient (Wildman–Crippen LogP) is 3.08. The fraction of sp³-hybridized carbons (Fsp3) is 0.348. The Bertz CT molecular complexity index is 909. The normalized spacial score (nSPS) is 15.4. The van der Waals surface area contributed by atoms with E-state index >= 15 is 0 Å². The standard InChI is InChI=1S/C23H27N3O3/c1-4-8-21(27)24-19-12-11-17-14-20(23(29)25(2)3)26(15-18(17)13-19)22(28)16-9-6-5-7-10-16/h5-7,9-13,20H,4,8,14-15H2,1-3H3,(H,24,27)/t20-/m1/s1. The van der Waals surface area contributed by atoms with E-state index in [1.165, 1.54) is 4.90 Å². The van der Waals surface area contributed by atoms with Gasteiger partial charge in [-0.3, -0.25) is 14.4 Å². The highest BCUT2D eigenvalue weighted by Crippen LogP contribution is 2.28. The fourth-order valence-electron chi connectivity index (χ4n) is 3.59. The smallest absolute Gasteiger partial charge is 0.254 e. The van der Waals surface area contributed by atoms with Gasteiger partial charge in [0.15, 0.2) is 0 Å². The van der Waals surface area contributed by atoms with Crippen LogP contribution in [0.15, 0.2) is 48.5 Å². The Balaban J connectivity index is 1.92. The molecular weight excluding hydrogens is 366 g/mol. The quantitative estimate of drug-likeness (QED) is 0.849. The second-order valence-electron chi connectivity index (χ2n) is 7.53. The molecule has 0 spiro atoms. The zero-order valence-corrected chi connectivity index (χ0v) is 17.1. The molecule has 0 saturated carbocycles.